The van der Waals surface area contributed by atoms with Gasteiger partial charge in [-0.2, -0.15) is 0 Å². The highest BCUT2D eigenvalue weighted by Gasteiger charge is 2.45. The minimum absolute atomic E-state index is 0.00979. The highest BCUT2D eigenvalue weighted by molar-refractivity contribution is 6.34. The molecule has 2 N–H and O–H groups in total. The molecule has 2 atom stereocenters. The van der Waals surface area contributed by atoms with E-state index in [-0.39, 0.29) is 50.7 Å². The molecule has 2 unspecified atom stereocenters. The Morgan fingerprint density at radius 3 is 2.82 bits per heavy atom. The quantitative estimate of drug-likeness (QED) is 0.446. The maximum Gasteiger partial charge on any atom is 0.258 e. The second-order valence-corrected chi connectivity index (χ2v) is 11.5. The molecule has 0 aliphatic carbocycles. The predicted octanol–water partition coefficient (Wildman–Crippen LogP) is 5.63. The van der Waals surface area contributed by atoms with Crippen LogP contribution in [0.4, 0.5) is 8.78 Å². The topological polar surface area (TPSA) is 66.9 Å². The zero-order chi connectivity index (χ0) is 26.0. The molecule has 3 fully saturated rings. The minimum Gasteiger partial charge on any atom is -0.507 e. The molecule has 7 rings (SSSR count). The van der Waals surface area contributed by atoms with Crippen LogP contribution in [0.3, 0.4) is 0 Å². The van der Waals surface area contributed by atoms with Gasteiger partial charge in [-0.15, -0.1) is 0 Å². The minimum atomic E-state index is -0.780. The molecule has 5 heterocycles. The fraction of sp³-hybridized carbons (Fsp3) is 0.483. The van der Waals surface area contributed by atoms with Crippen LogP contribution in [0.5, 0.6) is 17.4 Å². The molecule has 3 aromatic rings. The normalized spacial score (nSPS) is 24.1. The van der Waals surface area contributed by atoms with E-state index in [1.165, 1.54) is 18.2 Å². The first-order valence-corrected chi connectivity index (χ1v) is 13.9. The third-order valence-corrected chi connectivity index (χ3v) is 9.38. The standard InChI is InChI=1S/C29H30ClF2N3O3/c30-19-12-18-22-17-6-9-33-13-16(17)14-37-27(22)28(38-15-29-7-2-10-35(29)11-3-8-29)34-26(18)25(32)23(19)24-20(31)4-1-5-21(24)36/h1,4-5,12,16-17,33,36H,2-3,6-11,13-15H2. The van der Waals surface area contributed by atoms with Crippen LogP contribution in [0.25, 0.3) is 22.0 Å². The molecule has 2 aromatic carbocycles. The Hall–Kier alpha value is -2.68. The van der Waals surface area contributed by atoms with Gasteiger partial charge in [0.25, 0.3) is 5.88 Å². The van der Waals surface area contributed by atoms with Gasteiger partial charge < -0.3 is 19.9 Å². The third-order valence-electron chi connectivity index (χ3n) is 9.09. The van der Waals surface area contributed by atoms with Crippen molar-refractivity contribution in [1.82, 2.24) is 15.2 Å². The molecule has 200 valence electrons. The summed E-state index contributed by atoms with van der Waals surface area (Å²) in [6.45, 7) is 4.79. The van der Waals surface area contributed by atoms with Crippen molar-refractivity contribution in [2.24, 2.45) is 5.92 Å². The molecule has 9 heteroatoms. The summed E-state index contributed by atoms with van der Waals surface area (Å²) >= 11 is 6.62. The van der Waals surface area contributed by atoms with Crippen LogP contribution >= 0.6 is 11.6 Å². The Kier molecular flexibility index (Phi) is 5.91. The second kappa shape index (κ2) is 9.21. The number of benzene rings is 2. The number of pyridine rings is 1. The molecule has 4 aliphatic rings. The molecule has 0 spiro atoms. The second-order valence-electron chi connectivity index (χ2n) is 11.1. The SMILES string of the molecule is Oc1cccc(F)c1-c1c(Cl)cc2c3c(c(OCC45CCCN4CCC5)nc2c1F)OCC1CNCCC31. The van der Waals surface area contributed by atoms with Crippen LogP contribution in [-0.2, 0) is 0 Å². The van der Waals surface area contributed by atoms with Gasteiger partial charge in [-0.3, -0.25) is 4.90 Å². The summed E-state index contributed by atoms with van der Waals surface area (Å²) in [5.41, 5.74) is 0.415. The van der Waals surface area contributed by atoms with E-state index in [2.05, 4.69) is 15.2 Å². The highest BCUT2D eigenvalue weighted by Crippen LogP contribution is 2.51. The van der Waals surface area contributed by atoms with E-state index in [9.17, 15) is 9.50 Å². The summed E-state index contributed by atoms with van der Waals surface area (Å²) < 4.78 is 43.9. The highest BCUT2D eigenvalue weighted by atomic mass is 35.5. The van der Waals surface area contributed by atoms with Crippen LogP contribution in [0.1, 0.15) is 43.6 Å². The number of hydrogen-bond acceptors (Lipinski definition) is 6. The third kappa shape index (κ3) is 3.67. The van der Waals surface area contributed by atoms with E-state index in [1.807, 2.05) is 0 Å². The lowest BCUT2D eigenvalue weighted by molar-refractivity contribution is 0.102. The zero-order valence-electron chi connectivity index (χ0n) is 21.0. The lowest BCUT2D eigenvalue weighted by Gasteiger charge is -2.38. The molecule has 0 radical (unpaired) electrons. The van der Waals surface area contributed by atoms with E-state index in [1.54, 1.807) is 6.07 Å². The van der Waals surface area contributed by atoms with Gasteiger partial charge >= 0.3 is 0 Å². The lowest BCUT2D eigenvalue weighted by atomic mass is 9.78. The molecule has 6 nitrogen and oxygen atoms in total. The van der Waals surface area contributed by atoms with E-state index in [0.717, 1.165) is 63.8 Å². The van der Waals surface area contributed by atoms with Crippen LogP contribution < -0.4 is 14.8 Å². The first-order chi connectivity index (χ1) is 18.5. The Morgan fingerprint density at radius 1 is 1.21 bits per heavy atom. The number of phenolic OH excluding ortho intramolecular Hbond substituents is 1. The molecule has 3 saturated heterocycles. The number of halogens is 3. The Balaban J connectivity index is 1.41. The number of aromatic hydroxyl groups is 1. The molecule has 1 aromatic heterocycles. The van der Waals surface area contributed by atoms with Crippen molar-refractivity contribution in [2.45, 2.75) is 43.6 Å². The summed E-state index contributed by atoms with van der Waals surface area (Å²) in [5, 5.41) is 14.4. The zero-order valence-corrected chi connectivity index (χ0v) is 21.8. The molecule has 0 bridgehead atoms. The van der Waals surface area contributed by atoms with E-state index >= 15 is 4.39 Å². The summed E-state index contributed by atoms with van der Waals surface area (Å²) in [5.74, 6) is -0.725. The largest absolute Gasteiger partial charge is 0.507 e. The van der Waals surface area contributed by atoms with Gasteiger partial charge in [0.15, 0.2) is 11.6 Å². The number of hydrogen-bond donors (Lipinski definition) is 2. The number of nitrogens with one attached hydrogen (secondary N) is 1. The monoisotopic (exact) mass is 541 g/mol. The van der Waals surface area contributed by atoms with E-state index in [0.29, 0.717) is 24.3 Å². The maximum atomic E-state index is 16.4. The van der Waals surface area contributed by atoms with Gasteiger partial charge in [0, 0.05) is 29.0 Å². The van der Waals surface area contributed by atoms with Gasteiger partial charge in [-0.1, -0.05) is 17.7 Å². The van der Waals surface area contributed by atoms with Crippen LogP contribution in [0, 0.1) is 17.6 Å². The van der Waals surface area contributed by atoms with Crippen molar-refractivity contribution in [3.8, 4) is 28.5 Å². The number of aromatic nitrogens is 1. The molecule has 4 aliphatic heterocycles. The lowest BCUT2D eigenvalue weighted by Crippen LogP contribution is -2.44. The summed E-state index contributed by atoms with van der Waals surface area (Å²) in [6, 6.07) is 5.49. The molecule has 0 amide bonds. The number of rotatable bonds is 4. The van der Waals surface area contributed by atoms with Gasteiger partial charge in [0.05, 0.1) is 22.7 Å². The smallest absolute Gasteiger partial charge is 0.258 e. The number of phenols is 1. The summed E-state index contributed by atoms with van der Waals surface area (Å²) in [7, 11) is 0. The van der Waals surface area contributed by atoms with Crippen molar-refractivity contribution in [1.29, 1.82) is 0 Å². The number of nitrogens with zero attached hydrogens (tertiary/aromatic N) is 2. The summed E-state index contributed by atoms with van der Waals surface area (Å²) in [4.78, 5) is 7.17. The van der Waals surface area contributed by atoms with Crippen LogP contribution in [0.2, 0.25) is 5.02 Å². The van der Waals surface area contributed by atoms with Crippen molar-refractivity contribution < 1.29 is 23.4 Å². The van der Waals surface area contributed by atoms with Crippen molar-refractivity contribution in [2.75, 3.05) is 39.4 Å². The molecule has 0 saturated carbocycles. The predicted molar refractivity (Wildman–Crippen MR) is 141 cm³/mol. The van der Waals surface area contributed by atoms with E-state index in [4.69, 9.17) is 21.1 Å². The Labute approximate surface area is 224 Å². The fourth-order valence-electron chi connectivity index (χ4n) is 7.24. The first-order valence-electron chi connectivity index (χ1n) is 13.5. The van der Waals surface area contributed by atoms with Gasteiger partial charge in [0.2, 0.25) is 0 Å². The molecular weight excluding hydrogens is 512 g/mol. The Bertz CT molecular complexity index is 1400. The first kappa shape index (κ1) is 24.4. The van der Waals surface area contributed by atoms with Gasteiger partial charge in [-0.25, -0.2) is 13.8 Å². The Morgan fingerprint density at radius 2 is 2.03 bits per heavy atom. The number of piperidine rings is 1. The maximum absolute atomic E-state index is 16.4. The van der Waals surface area contributed by atoms with Gasteiger partial charge in [0.1, 0.15) is 23.7 Å². The average Bonchev–Trinajstić information content (AvgIpc) is 3.49. The molecule has 38 heavy (non-hydrogen) atoms. The average molecular weight is 542 g/mol. The van der Waals surface area contributed by atoms with E-state index < -0.39 is 11.6 Å². The van der Waals surface area contributed by atoms with Crippen molar-refractivity contribution >= 4 is 22.5 Å². The number of ether oxygens (including phenoxy) is 2. The van der Waals surface area contributed by atoms with Gasteiger partial charge in [-0.05, 0) is 75.9 Å². The number of fused-ring (bicyclic) bond motifs is 6. The van der Waals surface area contributed by atoms with Crippen molar-refractivity contribution in [3.63, 3.8) is 0 Å². The molecular formula is C29H30ClF2N3O3. The fourth-order valence-corrected chi connectivity index (χ4v) is 7.53. The van der Waals surface area contributed by atoms with Crippen LogP contribution in [0.15, 0.2) is 24.3 Å². The van der Waals surface area contributed by atoms with Crippen molar-refractivity contribution in [3.05, 3.63) is 46.5 Å². The van der Waals surface area contributed by atoms with Crippen LogP contribution in [-0.4, -0.2) is 59.9 Å². The summed E-state index contributed by atoms with van der Waals surface area (Å²) in [6.07, 6.45) is 5.29.